The van der Waals surface area contributed by atoms with Crippen molar-refractivity contribution >= 4 is 34.7 Å². The molecule has 4 rings (SSSR count). The maximum atomic E-state index is 13.0. The fourth-order valence-corrected chi connectivity index (χ4v) is 3.45. The summed E-state index contributed by atoms with van der Waals surface area (Å²) in [6.45, 7) is 3.85. The molecule has 0 aliphatic rings. The second-order valence-electron chi connectivity index (χ2n) is 8.67. The third kappa shape index (κ3) is 4.44. The number of aromatic nitrogens is 4. The lowest BCUT2D eigenvalue weighted by molar-refractivity contribution is 0.0696. The minimum absolute atomic E-state index is 0.0757. The molecule has 0 spiro atoms. The van der Waals surface area contributed by atoms with Crippen molar-refractivity contribution in [2.45, 2.75) is 19.4 Å². The maximum absolute atomic E-state index is 13.0. The topological polar surface area (TPSA) is 139 Å². The number of hydrogen-bond donors (Lipinski definition) is 3. The number of fused-ring (bicyclic) bond motifs is 1. The Balaban J connectivity index is 1.80. The summed E-state index contributed by atoms with van der Waals surface area (Å²) in [5.41, 5.74) is 8.48. The third-order valence-corrected chi connectivity index (χ3v) is 5.29. The minimum Gasteiger partial charge on any atom is -0.478 e. The fourth-order valence-electron chi connectivity index (χ4n) is 3.45. The molecule has 0 bridgehead atoms. The molecule has 0 fully saturated rings. The van der Waals surface area contributed by atoms with E-state index in [1.165, 1.54) is 23.2 Å². The number of rotatable bonds is 6. The van der Waals surface area contributed by atoms with Gasteiger partial charge in [-0.1, -0.05) is 12.1 Å². The Morgan fingerprint density at radius 1 is 1.06 bits per heavy atom. The Morgan fingerprint density at radius 2 is 1.76 bits per heavy atom. The molecule has 0 unspecified atom stereocenters. The highest BCUT2D eigenvalue weighted by Crippen LogP contribution is 2.27. The minimum atomic E-state index is -1.06. The summed E-state index contributed by atoms with van der Waals surface area (Å²) in [6.07, 6.45) is 2.87. The van der Waals surface area contributed by atoms with Crippen LogP contribution in [0.2, 0.25) is 0 Å². The summed E-state index contributed by atoms with van der Waals surface area (Å²) < 4.78 is 1.78. The number of nitrogens with one attached hydrogen (secondary N) is 1. The van der Waals surface area contributed by atoms with Crippen LogP contribution in [0, 0.1) is 0 Å². The first kappa shape index (κ1) is 22.9. The molecule has 0 radical (unpaired) electrons. The average molecular weight is 460 g/mol. The van der Waals surface area contributed by atoms with Crippen molar-refractivity contribution in [3.63, 3.8) is 0 Å². The molecular weight excluding hydrogens is 434 g/mol. The molecule has 1 amide bonds. The Kier molecular flexibility index (Phi) is 5.76. The van der Waals surface area contributed by atoms with Crippen LogP contribution in [0.1, 0.15) is 40.3 Å². The van der Waals surface area contributed by atoms with Crippen molar-refractivity contribution in [1.82, 2.24) is 24.4 Å². The number of carboxylic acids is 1. The van der Waals surface area contributed by atoms with Crippen molar-refractivity contribution in [2.24, 2.45) is 5.73 Å². The number of amides is 1. The van der Waals surface area contributed by atoms with Crippen LogP contribution in [0.15, 0.2) is 54.9 Å². The van der Waals surface area contributed by atoms with Gasteiger partial charge in [0.25, 0.3) is 5.91 Å². The predicted molar refractivity (Wildman–Crippen MR) is 129 cm³/mol. The summed E-state index contributed by atoms with van der Waals surface area (Å²) in [4.78, 5) is 38.6. The molecule has 0 saturated heterocycles. The standard InChI is InChI=1S/C24H25N7O3/c1-24(2,25)16-6-8-17(9-7-16)31-18(21(32)30(3)4)11-15-13-27-23(29-20(15)31)28-19-10-5-14(12-26-19)22(33)34/h5-13H,25H2,1-4H3,(H,33,34)(H,26,27,28,29). The van der Waals surface area contributed by atoms with E-state index < -0.39 is 11.5 Å². The SMILES string of the molecule is CN(C)C(=O)c1cc2cnc(Nc3ccc(C(=O)O)cn3)nc2n1-c1ccc(C(C)(C)N)cc1. The molecule has 0 saturated carbocycles. The van der Waals surface area contributed by atoms with Crippen molar-refractivity contribution in [3.8, 4) is 5.69 Å². The first-order valence-corrected chi connectivity index (χ1v) is 10.5. The largest absolute Gasteiger partial charge is 0.478 e. The maximum Gasteiger partial charge on any atom is 0.337 e. The van der Waals surface area contributed by atoms with Crippen LogP contribution in [0.25, 0.3) is 16.7 Å². The monoisotopic (exact) mass is 459 g/mol. The molecule has 174 valence electrons. The number of nitrogens with zero attached hydrogens (tertiary/aromatic N) is 5. The molecule has 34 heavy (non-hydrogen) atoms. The van der Waals surface area contributed by atoms with E-state index in [-0.39, 0.29) is 17.4 Å². The number of benzene rings is 1. The van der Waals surface area contributed by atoms with Gasteiger partial charge in [-0.3, -0.25) is 9.36 Å². The summed E-state index contributed by atoms with van der Waals surface area (Å²) >= 11 is 0. The van der Waals surface area contributed by atoms with Crippen LogP contribution in [0.4, 0.5) is 11.8 Å². The highest BCUT2D eigenvalue weighted by Gasteiger charge is 2.21. The van der Waals surface area contributed by atoms with Crippen LogP contribution in [0.5, 0.6) is 0 Å². The van der Waals surface area contributed by atoms with Crippen LogP contribution in [-0.2, 0) is 5.54 Å². The molecule has 10 nitrogen and oxygen atoms in total. The van der Waals surface area contributed by atoms with Crippen LogP contribution >= 0.6 is 0 Å². The highest BCUT2D eigenvalue weighted by molar-refractivity contribution is 5.99. The quantitative estimate of drug-likeness (QED) is 0.400. The number of hydrogen-bond acceptors (Lipinski definition) is 7. The molecule has 4 N–H and O–H groups in total. The Bertz CT molecular complexity index is 1370. The van der Waals surface area contributed by atoms with E-state index in [1.54, 1.807) is 30.9 Å². The number of anilines is 2. The second-order valence-corrected chi connectivity index (χ2v) is 8.67. The lowest BCUT2D eigenvalue weighted by Crippen LogP contribution is -2.28. The predicted octanol–water partition coefficient (Wildman–Crippen LogP) is 3.15. The van der Waals surface area contributed by atoms with Gasteiger partial charge in [-0.05, 0) is 49.7 Å². The van der Waals surface area contributed by atoms with Crippen molar-refractivity contribution < 1.29 is 14.7 Å². The summed E-state index contributed by atoms with van der Waals surface area (Å²) in [5, 5.41) is 12.7. The second kappa shape index (κ2) is 8.56. The zero-order valence-electron chi connectivity index (χ0n) is 19.3. The molecule has 0 aliphatic carbocycles. The molecule has 3 aromatic heterocycles. The molecule has 10 heteroatoms. The molecule has 0 aliphatic heterocycles. The lowest BCUT2D eigenvalue weighted by Gasteiger charge is -2.20. The summed E-state index contributed by atoms with van der Waals surface area (Å²) in [6, 6.07) is 12.4. The Morgan fingerprint density at radius 3 is 2.32 bits per heavy atom. The van der Waals surface area contributed by atoms with E-state index in [0.29, 0.717) is 22.5 Å². The van der Waals surface area contributed by atoms with Gasteiger partial charge in [-0.25, -0.2) is 14.8 Å². The van der Waals surface area contributed by atoms with Crippen molar-refractivity contribution in [2.75, 3.05) is 19.4 Å². The fraction of sp³-hybridized carbons (Fsp3) is 0.208. The Labute approximate surface area is 196 Å². The lowest BCUT2D eigenvalue weighted by atomic mass is 9.95. The van der Waals surface area contributed by atoms with Crippen LogP contribution in [0.3, 0.4) is 0 Å². The first-order valence-electron chi connectivity index (χ1n) is 10.5. The number of carbonyl (C=O) groups is 2. The van der Waals surface area contributed by atoms with E-state index in [9.17, 15) is 9.59 Å². The number of pyridine rings is 1. The van der Waals surface area contributed by atoms with Crippen LogP contribution < -0.4 is 11.1 Å². The van der Waals surface area contributed by atoms with Gasteiger partial charge in [0.05, 0.1) is 5.56 Å². The van der Waals surface area contributed by atoms with Crippen LogP contribution in [-0.4, -0.2) is 55.5 Å². The molecule has 0 atom stereocenters. The zero-order valence-corrected chi connectivity index (χ0v) is 19.3. The first-order chi connectivity index (χ1) is 16.0. The van der Waals surface area contributed by atoms with Gasteiger partial charge in [-0.2, -0.15) is 4.98 Å². The van der Waals surface area contributed by atoms with E-state index in [2.05, 4.69) is 20.3 Å². The molecule has 4 aromatic rings. The smallest absolute Gasteiger partial charge is 0.337 e. The van der Waals surface area contributed by atoms with Gasteiger partial charge >= 0.3 is 5.97 Å². The third-order valence-electron chi connectivity index (χ3n) is 5.29. The average Bonchev–Trinajstić information content (AvgIpc) is 3.17. The van der Waals surface area contributed by atoms with Gasteiger partial charge < -0.3 is 21.1 Å². The van der Waals surface area contributed by atoms with Crippen molar-refractivity contribution in [1.29, 1.82) is 0 Å². The van der Waals surface area contributed by atoms with Gasteiger partial charge in [0.1, 0.15) is 11.5 Å². The van der Waals surface area contributed by atoms with E-state index in [0.717, 1.165) is 11.3 Å². The highest BCUT2D eigenvalue weighted by atomic mass is 16.4. The number of nitrogens with two attached hydrogens (primary N) is 1. The van der Waals surface area contributed by atoms with E-state index in [4.69, 9.17) is 10.8 Å². The van der Waals surface area contributed by atoms with Crippen molar-refractivity contribution in [3.05, 3.63) is 71.7 Å². The number of carbonyl (C=O) groups excluding carboxylic acids is 1. The molecule has 3 heterocycles. The Hall–Kier alpha value is -4.31. The molecular formula is C24H25N7O3. The normalized spacial score (nSPS) is 11.4. The summed E-state index contributed by atoms with van der Waals surface area (Å²) in [7, 11) is 3.38. The number of carboxylic acid groups (broad SMARTS) is 1. The summed E-state index contributed by atoms with van der Waals surface area (Å²) in [5.74, 6) is -0.592. The molecule has 1 aromatic carbocycles. The van der Waals surface area contributed by atoms with E-state index in [1.807, 2.05) is 38.1 Å². The van der Waals surface area contributed by atoms with Gasteiger partial charge in [0, 0.05) is 43.1 Å². The van der Waals surface area contributed by atoms with Gasteiger partial charge in [0.2, 0.25) is 5.95 Å². The number of aromatic carboxylic acids is 1. The van der Waals surface area contributed by atoms with Gasteiger partial charge in [-0.15, -0.1) is 0 Å². The van der Waals surface area contributed by atoms with E-state index >= 15 is 0 Å². The van der Waals surface area contributed by atoms with Gasteiger partial charge in [0.15, 0.2) is 5.65 Å². The zero-order chi connectivity index (χ0) is 24.6.